The van der Waals surface area contributed by atoms with Crippen LogP contribution in [0.2, 0.25) is 0 Å². The lowest BCUT2D eigenvalue weighted by Gasteiger charge is -2.09. The molecule has 0 saturated heterocycles. The van der Waals surface area contributed by atoms with E-state index in [1.165, 1.54) is 5.56 Å². The van der Waals surface area contributed by atoms with Crippen LogP contribution in [0.1, 0.15) is 16.7 Å². The topological polar surface area (TPSA) is 33.6 Å². The minimum Gasteiger partial charge on any atom is -0.488 e. The summed E-state index contributed by atoms with van der Waals surface area (Å²) in [5, 5.41) is 4.31. The van der Waals surface area contributed by atoms with E-state index in [1.54, 1.807) is 6.21 Å². The van der Waals surface area contributed by atoms with Gasteiger partial charge in [-0.2, -0.15) is 5.10 Å². The van der Waals surface area contributed by atoms with Crippen molar-refractivity contribution in [3.05, 3.63) is 94.0 Å². The molecule has 0 saturated carbocycles. The molecule has 0 bridgehead atoms. The predicted octanol–water partition coefficient (Wildman–Crippen LogP) is 5.78. The molecule has 0 fully saturated rings. The quantitative estimate of drug-likeness (QED) is 0.424. The van der Waals surface area contributed by atoms with E-state index in [9.17, 15) is 0 Å². The monoisotopic (exact) mass is 394 g/mol. The van der Waals surface area contributed by atoms with Crippen molar-refractivity contribution in [2.24, 2.45) is 5.10 Å². The number of nitrogens with zero attached hydrogens (tertiary/aromatic N) is 1. The molecule has 0 unspecified atom stereocenters. The molecule has 0 aliphatic rings. The highest BCUT2D eigenvalue weighted by Gasteiger charge is 2.01. The van der Waals surface area contributed by atoms with E-state index in [-0.39, 0.29) is 0 Å². The van der Waals surface area contributed by atoms with E-state index in [0.717, 1.165) is 27.0 Å². The third-order valence-corrected chi connectivity index (χ3v) is 4.20. The first-order valence-corrected chi connectivity index (χ1v) is 8.82. The van der Waals surface area contributed by atoms with Gasteiger partial charge < -0.3 is 4.74 Å². The Hall–Kier alpha value is -2.59. The van der Waals surface area contributed by atoms with E-state index in [0.29, 0.717) is 6.61 Å². The summed E-state index contributed by atoms with van der Waals surface area (Å²) in [6, 6.07) is 24.1. The van der Waals surface area contributed by atoms with Gasteiger partial charge in [0, 0.05) is 10.0 Å². The minimum absolute atomic E-state index is 0.517. The minimum atomic E-state index is 0.517. The van der Waals surface area contributed by atoms with E-state index in [2.05, 4.69) is 33.4 Å². The predicted molar refractivity (Wildman–Crippen MR) is 107 cm³/mol. The number of anilines is 1. The number of aryl methyl sites for hydroxylation is 1. The molecule has 4 heteroatoms. The summed E-state index contributed by atoms with van der Waals surface area (Å²) >= 11 is 3.44. The molecule has 3 aromatic rings. The number of benzene rings is 3. The Morgan fingerprint density at radius 2 is 1.68 bits per heavy atom. The first kappa shape index (κ1) is 17.2. The average Bonchev–Trinajstić information content (AvgIpc) is 2.64. The number of hydrazone groups is 1. The Labute approximate surface area is 156 Å². The largest absolute Gasteiger partial charge is 0.488 e. The second-order valence-electron chi connectivity index (χ2n) is 5.69. The second kappa shape index (κ2) is 8.49. The fraction of sp³-hybridized carbons (Fsp3) is 0.0952. The van der Waals surface area contributed by atoms with Gasteiger partial charge in [-0.25, -0.2) is 0 Å². The van der Waals surface area contributed by atoms with Crippen LogP contribution in [0, 0.1) is 6.92 Å². The smallest absolute Gasteiger partial charge is 0.128 e. The number of rotatable bonds is 6. The van der Waals surface area contributed by atoms with Crippen LogP contribution < -0.4 is 10.2 Å². The van der Waals surface area contributed by atoms with Crippen LogP contribution in [0.15, 0.2) is 82.4 Å². The van der Waals surface area contributed by atoms with Crippen LogP contribution in [0.25, 0.3) is 0 Å². The summed E-state index contributed by atoms with van der Waals surface area (Å²) in [7, 11) is 0. The Morgan fingerprint density at radius 1 is 0.960 bits per heavy atom. The summed E-state index contributed by atoms with van der Waals surface area (Å²) in [5.41, 5.74) is 7.26. The SMILES string of the molecule is Cc1ccc(NN=Cc2ccccc2OCc2ccc(Br)cc2)cc1. The van der Waals surface area contributed by atoms with Crippen molar-refractivity contribution in [1.82, 2.24) is 0 Å². The van der Waals surface area contributed by atoms with Gasteiger partial charge in [-0.05, 0) is 48.9 Å². The van der Waals surface area contributed by atoms with Gasteiger partial charge in [0.05, 0.1) is 11.9 Å². The number of nitrogens with one attached hydrogen (secondary N) is 1. The standard InChI is InChI=1S/C21H19BrN2O/c1-16-6-12-20(13-7-16)24-23-14-18-4-2-3-5-21(18)25-15-17-8-10-19(22)11-9-17/h2-14,24H,15H2,1H3. The van der Waals surface area contributed by atoms with Crippen LogP contribution in [-0.2, 0) is 6.61 Å². The van der Waals surface area contributed by atoms with E-state index in [4.69, 9.17) is 4.74 Å². The highest BCUT2D eigenvalue weighted by molar-refractivity contribution is 9.10. The lowest BCUT2D eigenvalue weighted by molar-refractivity contribution is 0.306. The van der Waals surface area contributed by atoms with Crippen molar-refractivity contribution in [3.8, 4) is 5.75 Å². The third kappa shape index (κ3) is 5.19. The zero-order valence-electron chi connectivity index (χ0n) is 13.9. The number of hydrogen-bond acceptors (Lipinski definition) is 3. The van der Waals surface area contributed by atoms with Crippen molar-refractivity contribution in [2.45, 2.75) is 13.5 Å². The highest BCUT2D eigenvalue weighted by atomic mass is 79.9. The van der Waals surface area contributed by atoms with Crippen molar-refractivity contribution < 1.29 is 4.74 Å². The van der Waals surface area contributed by atoms with Gasteiger partial charge in [-0.1, -0.05) is 57.9 Å². The summed E-state index contributed by atoms with van der Waals surface area (Å²) in [6.07, 6.45) is 1.77. The fourth-order valence-electron chi connectivity index (χ4n) is 2.26. The molecule has 0 atom stereocenters. The van der Waals surface area contributed by atoms with Crippen LogP contribution in [0.4, 0.5) is 5.69 Å². The second-order valence-corrected chi connectivity index (χ2v) is 6.60. The lowest BCUT2D eigenvalue weighted by atomic mass is 10.2. The molecule has 0 aliphatic carbocycles. The molecule has 126 valence electrons. The van der Waals surface area contributed by atoms with Gasteiger partial charge in [0.15, 0.2) is 0 Å². The molecular weight excluding hydrogens is 376 g/mol. The summed E-state index contributed by atoms with van der Waals surface area (Å²) in [5.74, 6) is 0.805. The molecule has 3 aromatic carbocycles. The maximum atomic E-state index is 5.95. The maximum absolute atomic E-state index is 5.95. The lowest BCUT2D eigenvalue weighted by Crippen LogP contribution is -1.99. The summed E-state index contributed by atoms with van der Waals surface area (Å²) in [4.78, 5) is 0. The molecule has 0 aromatic heterocycles. The molecule has 0 amide bonds. The average molecular weight is 395 g/mol. The normalized spacial score (nSPS) is 10.8. The van der Waals surface area contributed by atoms with Crippen molar-refractivity contribution in [1.29, 1.82) is 0 Å². The molecule has 0 heterocycles. The molecule has 0 aliphatic heterocycles. The van der Waals surface area contributed by atoms with E-state index < -0.39 is 0 Å². The highest BCUT2D eigenvalue weighted by Crippen LogP contribution is 2.19. The number of halogens is 1. The summed E-state index contributed by atoms with van der Waals surface area (Å²) in [6.45, 7) is 2.58. The van der Waals surface area contributed by atoms with Crippen molar-refractivity contribution in [2.75, 3.05) is 5.43 Å². The fourth-order valence-corrected chi connectivity index (χ4v) is 2.53. The Bertz CT molecular complexity index is 843. The Kier molecular flexibility index (Phi) is 5.86. The van der Waals surface area contributed by atoms with Gasteiger partial charge in [0.25, 0.3) is 0 Å². The van der Waals surface area contributed by atoms with Gasteiger partial charge in [0.1, 0.15) is 12.4 Å². The molecule has 3 rings (SSSR count). The van der Waals surface area contributed by atoms with Crippen LogP contribution in [0.3, 0.4) is 0 Å². The summed E-state index contributed by atoms with van der Waals surface area (Å²) < 4.78 is 7.01. The van der Waals surface area contributed by atoms with E-state index in [1.807, 2.05) is 72.8 Å². The van der Waals surface area contributed by atoms with E-state index >= 15 is 0 Å². The van der Waals surface area contributed by atoms with Crippen molar-refractivity contribution in [3.63, 3.8) is 0 Å². The molecule has 1 N–H and O–H groups in total. The first-order chi connectivity index (χ1) is 12.2. The molecular formula is C21H19BrN2O. The van der Waals surface area contributed by atoms with Crippen molar-refractivity contribution >= 4 is 27.8 Å². The zero-order valence-corrected chi connectivity index (χ0v) is 15.5. The van der Waals surface area contributed by atoms with Gasteiger partial charge in [-0.15, -0.1) is 0 Å². The Morgan fingerprint density at radius 3 is 2.44 bits per heavy atom. The molecule has 0 spiro atoms. The van der Waals surface area contributed by atoms with Crippen LogP contribution in [0.5, 0.6) is 5.75 Å². The first-order valence-electron chi connectivity index (χ1n) is 8.03. The van der Waals surface area contributed by atoms with Crippen LogP contribution >= 0.6 is 15.9 Å². The zero-order chi connectivity index (χ0) is 17.5. The van der Waals surface area contributed by atoms with Gasteiger partial charge >= 0.3 is 0 Å². The third-order valence-electron chi connectivity index (χ3n) is 3.68. The van der Waals surface area contributed by atoms with Crippen LogP contribution in [-0.4, -0.2) is 6.21 Å². The molecule has 25 heavy (non-hydrogen) atoms. The molecule has 3 nitrogen and oxygen atoms in total. The number of para-hydroxylation sites is 1. The number of ether oxygens (including phenoxy) is 1. The maximum Gasteiger partial charge on any atom is 0.128 e. The van der Waals surface area contributed by atoms with Gasteiger partial charge in [0.2, 0.25) is 0 Å². The number of hydrogen-bond donors (Lipinski definition) is 1. The Balaban J connectivity index is 1.64. The van der Waals surface area contributed by atoms with Gasteiger partial charge in [-0.3, -0.25) is 5.43 Å². The molecule has 0 radical (unpaired) electrons.